The lowest BCUT2D eigenvalue weighted by Crippen LogP contribution is -2.54. The fraction of sp³-hybridized carbons (Fsp3) is 0.297. The molecule has 49 heavy (non-hydrogen) atoms. The van der Waals surface area contributed by atoms with Gasteiger partial charge in [0.15, 0.2) is 0 Å². The van der Waals surface area contributed by atoms with Crippen LogP contribution in [0.15, 0.2) is 106 Å². The number of rotatable bonds is 14. The van der Waals surface area contributed by atoms with Crippen LogP contribution in [0, 0.1) is 0 Å². The maximum Gasteiger partial charge on any atom is 0.264 e. The van der Waals surface area contributed by atoms with Gasteiger partial charge in [-0.3, -0.25) is 13.9 Å². The van der Waals surface area contributed by atoms with E-state index in [2.05, 4.69) is 21.2 Å². The van der Waals surface area contributed by atoms with Gasteiger partial charge in [0.2, 0.25) is 11.8 Å². The third-order valence-corrected chi connectivity index (χ3v) is 11.5. The predicted molar refractivity (Wildman–Crippen MR) is 198 cm³/mol. The highest BCUT2D eigenvalue weighted by molar-refractivity contribution is 9.10. The third kappa shape index (κ3) is 9.36. The molecule has 5 rings (SSSR count). The Kier molecular flexibility index (Phi) is 12.7. The number of nitrogens with one attached hydrogen (secondary N) is 1. The van der Waals surface area contributed by atoms with Gasteiger partial charge in [-0.2, -0.15) is 0 Å². The Morgan fingerprint density at radius 2 is 1.53 bits per heavy atom. The summed E-state index contributed by atoms with van der Waals surface area (Å²) >= 11 is 16.6. The lowest BCUT2D eigenvalue weighted by Gasteiger charge is -2.34. The zero-order valence-electron chi connectivity index (χ0n) is 27.0. The second-order valence-corrected chi connectivity index (χ2v) is 15.4. The average molecular weight is 788 g/mol. The van der Waals surface area contributed by atoms with Gasteiger partial charge < -0.3 is 15.0 Å². The molecule has 4 aromatic rings. The molecule has 1 aliphatic carbocycles. The van der Waals surface area contributed by atoms with Crippen LogP contribution >= 0.6 is 39.1 Å². The third-order valence-electron chi connectivity index (χ3n) is 8.48. The molecule has 0 heterocycles. The quantitative estimate of drug-likeness (QED) is 0.140. The van der Waals surface area contributed by atoms with E-state index in [0.717, 1.165) is 35.6 Å². The Morgan fingerprint density at radius 3 is 2.14 bits per heavy atom. The second kappa shape index (κ2) is 16.9. The topological polar surface area (TPSA) is 96.0 Å². The molecular formula is C37H38BrCl2N3O5S. The molecule has 0 aliphatic heterocycles. The first-order chi connectivity index (χ1) is 23.6. The van der Waals surface area contributed by atoms with Crippen LogP contribution in [0.2, 0.25) is 10.0 Å². The highest BCUT2D eigenvalue weighted by Gasteiger charge is 2.36. The molecule has 1 unspecified atom stereocenters. The normalized spacial score (nSPS) is 13.9. The van der Waals surface area contributed by atoms with E-state index in [-0.39, 0.29) is 35.5 Å². The summed E-state index contributed by atoms with van der Waals surface area (Å²) in [5.74, 6) is -0.371. The number of benzene rings is 4. The standard InChI is InChI=1S/C37H38BrCl2N3O5S/c1-2-48-30-19-17-29(18-20-30)43(49(46,47)31-21-15-27(38)16-22-31)25-36(44)42(24-32-33(39)13-8-14-34(32)40)35(23-26-9-4-3-5-10-26)37(45)41-28-11-6-7-12-28/h3-5,8-10,13-22,28,35H,2,6-7,11-12,23-25H2,1H3,(H,41,45). The van der Waals surface area contributed by atoms with Gasteiger partial charge >= 0.3 is 0 Å². The molecule has 12 heteroatoms. The summed E-state index contributed by atoms with van der Waals surface area (Å²) in [5.41, 5.74) is 1.54. The number of anilines is 1. The Morgan fingerprint density at radius 1 is 0.898 bits per heavy atom. The van der Waals surface area contributed by atoms with Gasteiger partial charge in [-0.15, -0.1) is 0 Å². The number of hydrogen-bond acceptors (Lipinski definition) is 5. The molecule has 1 N–H and O–H groups in total. The predicted octanol–water partition coefficient (Wildman–Crippen LogP) is 8.05. The summed E-state index contributed by atoms with van der Waals surface area (Å²) in [6.45, 7) is 1.56. The van der Waals surface area contributed by atoms with Crippen LogP contribution in [0.1, 0.15) is 43.7 Å². The molecule has 8 nitrogen and oxygen atoms in total. The zero-order valence-corrected chi connectivity index (χ0v) is 30.9. The van der Waals surface area contributed by atoms with E-state index in [1.54, 1.807) is 54.6 Å². The molecule has 1 fully saturated rings. The van der Waals surface area contributed by atoms with Gasteiger partial charge in [-0.25, -0.2) is 8.42 Å². The summed E-state index contributed by atoms with van der Waals surface area (Å²) in [6, 6.07) is 26.1. The molecule has 0 saturated heterocycles. The maximum absolute atomic E-state index is 14.8. The van der Waals surface area contributed by atoms with Crippen molar-refractivity contribution in [2.45, 2.75) is 62.6 Å². The largest absolute Gasteiger partial charge is 0.494 e. The fourth-order valence-electron chi connectivity index (χ4n) is 5.91. The molecule has 0 bridgehead atoms. The van der Waals surface area contributed by atoms with Gasteiger partial charge in [0.1, 0.15) is 18.3 Å². The molecule has 4 aromatic carbocycles. The highest BCUT2D eigenvalue weighted by Crippen LogP contribution is 2.30. The van der Waals surface area contributed by atoms with Crippen LogP contribution in [0.4, 0.5) is 5.69 Å². The number of sulfonamides is 1. The van der Waals surface area contributed by atoms with Crippen molar-refractivity contribution >= 4 is 66.7 Å². The van der Waals surface area contributed by atoms with E-state index in [4.69, 9.17) is 27.9 Å². The van der Waals surface area contributed by atoms with Crippen molar-refractivity contribution in [1.82, 2.24) is 10.2 Å². The summed E-state index contributed by atoms with van der Waals surface area (Å²) in [6.07, 6.45) is 3.92. The van der Waals surface area contributed by atoms with Crippen molar-refractivity contribution < 1.29 is 22.7 Å². The van der Waals surface area contributed by atoms with Crippen LogP contribution in [-0.2, 0) is 32.6 Å². The molecule has 1 atom stereocenters. The van der Waals surface area contributed by atoms with E-state index >= 15 is 0 Å². The van der Waals surface area contributed by atoms with Crippen molar-refractivity contribution in [2.75, 3.05) is 17.5 Å². The van der Waals surface area contributed by atoms with E-state index < -0.39 is 28.5 Å². The number of hydrogen-bond donors (Lipinski definition) is 1. The van der Waals surface area contributed by atoms with Crippen molar-refractivity contribution in [2.24, 2.45) is 0 Å². The van der Waals surface area contributed by atoms with E-state index in [1.807, 2.05) is 37.3 Å². The van der Waals surface area contributed by atoms with Crippen molar-refractivity contribution in [3.05, 3.63) is 123 Å². The summed E-state index contributed by atoms with van der Waals surface area (Å²) < 4.78 is 35.9. The average Bonchev–Trinajstić information content (AvgIpc) is 3.60. The summed E-state index contributed by atoms with van der Waals surface area (Å²) in [4.78, 5) is 30.3. The first kappa shape index (κ1) is 36.7. The molecule has 0 spiro atoms. The van der Waals surface area contributed by atoms with Crippen LogP contribution in [0.25, 0.3) is 0 Å². The first-order valence-corrected chi connectivity index (χ1v) is 19.1. The smallest absolute Gasteiger partial charge is 0.264 e. The van der Waals surface area contributed by atoms with Crippen LogP contribution in [0.3, 0.4) is 0 Å². The molecule has 1 aliphatic rings. The Bertz CT molecular complexity index is 1820. The number of nitrogens with zero attached hydrogens (tertiary/aromatic N) is 2. The van der Waals surface area contributed by atoms with E-state index in [1.165, 1.54) is 17.0 Å². The van der Waals surface area contributed by atoms with Crippen LogP contribution in [-0.4, -0.2) is 50.4 Å². The number of halogens is 3. The number of amides is 2. The summed E-state index contributed by atoms with van der Waals surface area (Å²) in [7, 11) is -4.27. The van der Waals surface area contributed by atoms with Crippen LogP contribution in [0.5, 0.6) is 5.75 Å². The number of ether oxygens (including phenoxy) is 1. The SMILES string of the molecule is CCOc1ccc(N(CC(=O)N(Cc2c(Cl)cccc2Cl)C(Cc2ccccc2)C(=O)NC2CCCC2)S(=O)(=O)c2ccc(Br)cc2)cc1. The maximum atomic E-state index is 14.8. The van der Waals surface area contributed by atoms with E-state index in [9.17, 15) is 18.0 Å². The fourth-order valence-corrected chi connectivity index (χ4v) is 8.11. The Hall–Kier alpha value is -3.57. The highest BCUT2D eigenvalue weighted by atomic mass is 79.9. The van der Waals surface area contributed by atoms with Gasteiger partial charge in [-0.1, -0.05) is 88.4 Å². The monoisotopic (exact) mass is 785 g/mol. The molecule has 0 radical (unpaired) electrons. The van der Waals surface area contributed by atoms with Gasteiger partial charge in [0, 0.05) is 39.1 Å². The molecule has 1 saturated carbocycles. The molecule has 2 amide bonds. The van der Waals surface area contributed by atoms with Gasteiger partial charge in [0.05, 0.1) is 17.2 Å². The van der Waals surface area contributed by atoms with Crippen molar-refractivity contribution in [1.29, 1.82) is 0 Å². The minimum Gasteiger partial charge on any atom is -0.494 e. The molecule has 0 aromatic heterocycles. The lowest BCUT2D eigenvalue weighted by molar-refractivity contribution is -0.140. The van der Waals surface area contributed by atoms with Crippen molar-refractivity contribution in [3.63, 3.8) is 0 Å². The minimum absolute atomic E-state index is 0.00195. The second-order valence-electron chi connectivity index (χ2n) is 11.8. The van der Waals surface area contributed by atoms with Gasteiger partial charge in [0.25, 0.3) is 10.0 Å². The van der Waals surface area contributed by atoms with Crippen molar-refractivity contribution in [3.8, 4) is 5.75 Å². The Labute approximate surface area is 306 Å². The minimum atomic E-state index is -4.27. The van der Waals surface area contributed by atoms with Crippen LogP contribution < -0.4 is 14.4 Å². The molecular weight excluding hydrogens is 749 g/mol. The first-order valence-electron chi connectivity index (χ1n) is 16.1. The summed E-state index contributed by atoms with van der Waals surface area (Å²) in [5, 5.41) is 3.81. The zero-order chi connectivity index (χ0) is 35.0. The lowest BCUT2D eigenvalue weighted by atomic mass is 10.0. The van der Waals surface area contributed by atoms with Gasteiger partial charge in [-0.05, 0) is 86.0 Å². The number of carbonyl (C=O) groups excluding carboxylic acids is 2. The number of carbonyl (C=O) groups is 2. The van der Waals surface area contributed by atoms with E-state index in [0.29, 0.717) is 32.4 Å². The Balaban J connectivity index is 1.59. The molecule has 258 valence electrons.